The van der Waals surface area contributed by atoms with E-state index in [1.54, 1.807) is 0 Å². The Labute approximate surface area is 101 Å². The summed E-state index contributed by atoms with van der Waals surface area (Å²) in [6, 6.07) is 15.9. The van der Waals surface area contributed by atoms with Crippen molar-refractivity contribution in [2.75, 3.05) is 0 Å². The molecule has 0 N–H and O–H groups in total. The van der Waals surface area contributed by atoms with E-state index in [1.165, 1.54) is 0 Å². The first-order valence-corrected chi connectivity index (χ1v) is 5.74. The molecule has 0 unspecified atom stereocenters. The fraction of sp³-hybridized carbons (Fsp3) is 0. The lowest BCUT2D eigenvalue weighted by Gasteiger charge is -1.97. The Balaban J connectivity index is 2.26. The van der Waals surface area contributed by atoms with Crippen molar-refractivity contribution in [2.24, 2.45) is 0 Å². The normalized spacial score (nSPS) is 10.8. The second-order valence-corrected chi connectivity index (χ2v) is 4.45. The van der Waals surface area contributed by atoms with Gasteiger partial charge in [-0.15, -0.1) is 0 Å². The fourth-order valence-electron chi connectivity index (χ4n) is 1.73. The van der Waals surface area contributed by atoms with Gasteiger partial charge in [-0.1, -0.05) is 45.4 Å². The number of nitrogens with zero attached hydrogens (tertiary/aromatic N) is 1. The Kier molecular flexibility index (Phi) is 2.26. The molecule has 16 heavy (non-hydrogen) atoms. The van der Waals surface area contributed by atoms with Gasteiger partial charge in [0.15, 0.2) is 5.58 Å². The molecule has 3 rings (SSSR count). The van der Waals surface area contributed by atoms with Gasteiger partial charge in [0.1, 0.15) is 5.69 Å². The molecule has 0 fully saturated rings. The summed E-state index contributed by atoms with van der Waals surface area (Å²) < 4.78 is 6.32. The molecule has 0 bridgehead atoms. The summed E-state index contributed by atoms with van der Waals surface area (Å²) in [6.45, 7) is 0. The predicted octanol–water partition coefficient (Wildman–Crippen LogP) is 4.26. The standard InChI is InChI=1S/C13H8BrNO/c14-10-5-3-4-9(8-10)13-11-6-1-2-7-12(11)16-15-13/h1-8H. The average Bonchev–Trinajstić information content (AvgIpc) is 2.72. The van der Waals surface area contributed by atoms with Crippen LogP contribution in [0.4, 0.5) is 0 Å². The summed E-state index contributed by atoms with van der Waals surface area (Å²) in [5.74, 6) is 0. The largest absolute Gasteiger partial charge is 0.356 e. The molecule has 0 saturated carbocycles. The van der Waals surface area contributed by atoms with Gasteiger partial charge in [0.25, 0.3) is 0 Å². The van der Waals surface area contributed by atoms with E-state index in [2.05, 4.69) is 21.1 Å². The molecule has 1 aromatic heterocycles. The van der Waals surface area contributed by atoms with Gasteiger partial charge >= 0.3 is 0 Å². The van der Waals surface area contributed by atoms with E-state index in [1.807, 2.05) is 48.5 Å². The number of para-hydroxylation sites is 1. The third-order valence-electron chi connectivity index (χ3n) is 2.48. The van der Waals surface area contributed by atoms with E-state index in [4.69, 9.17) is 4.52 Å². The molecule has 3 heteroatoms. The summed E-state index contributed by atoms with van der Waals surface area (Å²) in [5.41, 5.74) is 2.76. The Hall–Kier alpha value is -1.61. The van der Waals surface area contributed by atoms with Crippen LogP contribution in [0, 0.1) is 0 Å². The lowest BCUT2D eigenvalue weighted by Crippen LogP contribution is -1.77. The molecule has 2 nitrogen and oxygen atoms in total. The zero-order valence-electron chi connectivity index (χ0n) is 8.35. The minimum atomic E-state index is 0.817. The summed E-state index contributed by atoms with van der Waals surface area (Å²) >= 11 is 3.45. The van der Waals surface area contributed by atoms with Crippen LogP contribution in [0.1, 0.15) is 0 Å². The van der Waals surface area contributed by atoms with Crippen LogP contribution in [0.5, 0.6) is 0 Å². The van der Waals surface area contributed by atoms with E-state index in [9.17, 15) is 0 Å². The van der Waals surface area contributed by atoms with Crippen LogP contribution < -0.4 is 0 Å². The van der Waals surface area contributed by atoms with Crippen molar-refractivity contribution in [3.63, 3.8) is 0 Å². The van der Waals surface area contributed by atoms with Gasteiger partial charge in [-0.2, -0.15) is 0 Å². The predicted molar refractivity (Wildman–Crippen MR) is 67.1 cm³/mol. The SMILES string of the molecule is Brc1cccc(-c2noc3ccccc23)c1. The number of hydrogen-bond acceptors (Lipinski definition) is 2. The summed E-state index contributed by atoms with van der Waals surface area (Å²) in [6.07, 6.45) is 0. The van der Waals surface area contributed by atoms with E-state index >= 15 is 0 Å². The quantitative estimate of drug-likeness (QED) is 0.662. The van der Waals surface area contributed by atoms with Crippen LogP contribution in [0.3, 0.4) is 0 Å². The summed E-state index contributed by atoms with van der Waals surface area (Å²) in [5, 5.41) is 5.15. The molecule has 78 valence electrons. The highest BCUT2D eigenvalue weighted by Crippen LogP contribution is 2.28. The van der Waals surface area contributed by atoms with Crippen molar-refractivity contribution in [2.45, 2.75) is 0 Å². The molecule has 0 spiro atoms. The number of fused-ring (bicyclic) bond motifs is 1. The smallest absolute Gasteiger partial charge is 0.167 e. The lowest BCUT2D eigenvalue weighted by molar-refractivity contribution is 0.459. The van der Waals surface area contributed by atoms with Gasteiger partial charge in [0, 0.05) is 15.4 Å². The molecule has 2 aromatic carbocycles. The average molecular weight is 274 g/mol. The van der Waals surface area contributed by atoms with Crippen LogP contribution in [-0.2, 0) is 0 Å². The Morgan fingerprint density at radius 2 is 1.88 bits per heavy atom. The van der Waals surface area contributed by atoms with Crippen molar-refractivity contribution in [3.05, 3.63) is 53.0 Å². The maximum Gasteiger partial charge on any atom is 0.167 e. The van der Waals surface area contributed by atoms with E-state index in [0.717, 1.165) is 26.7 Å². The monoisotopic (exact) mass is 273 g/mol. The van der Waals surface area contributed by atoms with Crippen LogP contribution in [-0.4, -0.2) is 5.16 Å². The van der Waals surface area contributed by atoms with E-state index in [-0.39, 0.29) is 0 Å². The molecule has 3 aromatic rings. The van der Waals surface area contributed by atoms with Gasteiger partial charge < -0.3 is 4.52 Å². The van der Waals surface area contributed by atoms with Gasteiger partial charge in [-0.25, -0.2) is 0 Å². The minimum absolute atomic E-state index is 0.817. The lowest BCUT2D eigenvalue weighted by atomic mass is 10.1. The number of hydrogen-bond donors (Lipinski definition) is 0. The minimum Gasteiger partial charge on any atom is -0.356 e. The number of halogens is 1. The zero-order chi connectivity index (χ0) is 11.0. The summed E-state index contributed by atoms with van der Waals surface area (Å²) in [7, 11) is 0. The van der Waals surface area contributed by atoms with Crippen molar-refractivity contribution in [1.29, 1.82) is 0 Å². The molecule has 0 aliphatic heterocycles. The zero-order valence-corrected chi connectivity index (χ0v) is 9.94. The Morgan fingerprint density at radius 1 is 1.00 bits per heavy atom. The molecule has 0 amide bonds. The van der Waals surface area contributed by atoms with Gasteiger partial charge in [0.2, 0.25) is 0 Å². The summed E-state index contributed by atoms with van der Waals surface area (Å²) in [4.78, 5) is 0. The van der Waals surface area contributed by atoms with Crippen molar-refractivity contribution in [3.8, 4) is 11.3 Å². The first kappa shape index (κ1) is 9.60. The Bertz CT molecular complexity index is 645. The maximum atomic E-state index is 5.28. The molecular formula is C13H8BrNO. The van der Waals surface area contributed by atoms with Crippen LogP contribution in [0.15, 0.2) is 57.5 Å². The van der Waals surface area contributed by atoms with E-state index in [0.29, 0.717) is 0 Å². The van der Waals surface area contributed by atoms with Crippen LogP contribution in [0.25, 0.3) is 22.2 Å². The molecule has 1 heterocycles. The van der Waals surface area contributed by atoms with Crippen LogP contribution in [0.2, 0.25) is 0 Å². The molecule has 0 atom stereocenters. The highest BCUT2D eigenvalue weighted by molar-refractivity contribution is 9.10. The fourth-order valence-corrected chi connectivity index (χ4v) is 2.13. The third-order valence-corrected chi connectivity index (χ3v) is 2.97. The second kappa shape index (κ2) is 3.76. The first-order valence-electron chi connectivity index (χ1n) is 4.95. The second-order valence-electron chi connectivity index (χ2n) is 3.54. The highest BCUT2D eigenvalue weighted by Gasteiger charge is 2.09. The maximum absolute atomic E-state index is 5.28. The highest BCUT2D eigenvalue weighted by atomic mass is 79.9. The first-order chi connectivity index (χ1) is 7.84. The molecule has 0 aliphatic carbocycles. The topological polar surface area (TPSA) is 26.0 Å². The van der Waals surface area contributed by atoms with Crippen molar-refractivity contribution < 1.29 is 4.52 Å². The van der Waals surface area contributed by atoms with Crippen LogP contribution >= 0.6 is 15.9 Å². The number of benzene rings is 2. The van der Waals surface area contributed by atoms with Gasteiger partial charge in [0.05, 0.1) is 0 Å². The molecule has 0 saturated heterocycles. The van der Waals surface area contributed by atoms with Crippen molar-refractivity contribution >= 4 is 26.9 Å². The van der Waals surface area contributed by atoms with E-state index < -0.39 is 0 Å². The Morgan fingerprint density at radius 3 is 2.75 bits per heavy atom. The van der Waals surface area contributed by atoms with Gasteiger partial charge in [-0.3, -0.25) is 0 Å². The van der Waals surface area contributed by atoms with Crippen molar-refractivity contribution in [1.82, 2.24) is 5.16 Å². The molecule has 0 radical (unpaired) electrons. The molecule has 0 aliphatic rings. The number of rotatable bonds is 1. The third kappa shape index (κ3) is 1.53. The van der Waals surface area contributed by atoms with Gasteiger partial charge in [-0.05, 0) is 24.3 Å². The number of aromatic nitrogens is 1. The molecular weight excluding hydrogens is 266 g/mol.